The minimum Gasteiger partial charge on any atom is -0.396 e. The maximum atomic E-state index is 10.3. The van der Waals surface area contributed by atoms with Gasteiger partial charge in [0.15, 0.2) is 5.79 Å². The van der Waals surface area contributed by atoms with Crippen molar-refractivity contribution in [3.8, 4) is 0 Å². The lowest BCUT2D eigenvalue weighted by atomic mass is 9.69. The molecule has 3 aliphatic rings. The van der Waals surface area contributed by atoms with Gasteiger partial charge in [0.05, 0.1) is 19.3 Å². The highest BCUT2D eigenvalue weighted by Crippen LogP contribution is 2.59. The van der Waals surface area contributed by atoms with Crippen molar-refractivity contribution in [3.05, 3.63) is 12.2 Å². The highest BCUT2D eigenvalue weighted by Gasteiger charge is 2.64. The molecular formula is C15H24O4. The summed E-state index contributed by atoms with van der Waals surface area (Å²) in [6, 6.07) is 0. The van der Waals surface area contributed by atoms with E-state index in [2.05, 4.69) is 12.2 Å². The molecule has 1 aliphatic heterocycles. The van der Waals surface area contributed by atoms with E-state index in [0.717, 1.165) is 32.1 Å². The van der Waals surface area contributed by atoms with Crippen LogP contribution in [0, 0.1) is 17.8 Å². The van der Waals surface area contributed by atoms with E-state index in [4.69, 9.17) is 14.6 Å². The van der Waals surface area contributed by atoms with E-state index in [1.54, 1.807) is 0 Å². The first-order valence-electron chi connectivity index (χ1n) is 7.50. The lowest BCUT2D eigenvalue weighted by molar-refractivity contribution is -0.275. The van der Waals surface area contributed by atoms with Gasteiger partial charge in [-0.25, -0.2) is 0 Å². The van der Waals surface area contributed by atoms with Crippen molar-refractivity contribution in [2.75, 3.05) is 19.8 Å². The predicted molar refractivity (Wildman–Crippen MR) is 70.4 cm³/mol. The van der Waals surface area contributed by atoms with Gasteiger partial charge in [0, 0.05) is 24.9 Å². The summed E-state index contributed by atoms with van der Waals surface area (Å²) in [4.78, 5) is 0. The summed E-state index contributed by atoms with van der Waals surface area (Å²) in [6.07, 6.45) is 8.75. The Morgan fingerprint density at radius 1 is 1.21 bits per heavy atom. The fourth-order valence-corrected chi connectivity index (χ4v) is 3.89. The molecule has 0 bridgehead atoms. The Kier molecular flexibility index (Phi) is 3.94. The molecule has 1 spiro atoms. The number of aliphatic hydroxyl groups excluding tert-OH is 2. The zero-order chi connectivity index (χ0) is 13.3. The molecule has 4 heteroatoms. The first-order valence-corrected chi connectivity index (χ1v) is 7.50. The molecule has 0 amide bonds. The number of aliphatic hydroxyl groups is 2. The van der Waals surface area contributed by atoms with E-state index in [1.807, 2.05) is 0 Å². The number of hydrogen-bond acceptors (Lipinski definition) is 4. The van der Waals surface area contributed by atoms with Gasteiger partial charge in [-0.3, -0.25) is 0 Å². The zero-order valence-corrected chi connectivity index (χ0v) is 11.3. The number of ether oxygens (including phenoxy) is 2. The Morgan fingerprint density at radius 3 is 2.74 bits per heavy atom. The topological polar surface area (TPSA) is 58.9 Å². The molecule has 19 heavy (non-hydrogen) atoms. The van der Waals surface area contributed by atoms with Crippen molar-refractivity contribution in [2.24, 2.45) is 17.8 Å². The molecule has 2 N–H and O–H groups in total. The Morgan fingerprint density at radius 2 is 2.00 bits per heavy atom. The van der Waals surface area contributed by atoms with Crippen LogP contribution in [-0.4, -0.2) is 41.9 Å². The summed E-state index contributed by atoms with van der Waals surface area (Å²) in [7, 11) is 0. The molecule has 1 heterocycles. The normalized spacial score (nSPS) is 39.9. The van der Waals surface area contributed by atoms with Crippen LogP contribution in [-0.2, 0) is 9.47 Å². The summed E-state index contributed by atoms with van der Waals surface area (Å²) < 4.78 is 11.5. The second kappa shape index (κ2) is 5.52. The monoisotopic (exact) mass is 268 g/mol. The summed E-state index contributed by atoms with van der Waals surface area (Å²) in [5, 5.41) is 19.0. The van der Waals surface area contributed by atoms with Crippen LogP contribution in [0.5, 0.6) is 0 Å². The molecule has 4 nitrogen and oxygen atoms in total. The second-order valence-corrected chi connectivity index (χ2v) is 6.02. The summed E-state index contributed by atoms with van der Waals surface area (Å²) >= 11 is 0. The van der Waals surface area contributed by atoms with Gasteiger partial charge in [0.1, 0.15) is 0 Å². The van der Waals surface area contributed by atoms with E-state index in [0.29, 0.717) is 25.0 Å². The molecule has 0 radical (unpaired) electrons. The van der Waals surface area contributed by atoms with Crippen LogP contribution in [0.15, 0.2) is 12.2 Å². The summed E-state index contributed by atoms with van der Waals surface area (Å²) in [5.74, 6) is 0.615. The van der Waals surface area contributed by atoms with E-state index < -0.39 is 0 Å². The van der Waals surface area contributed by atoms with E-state index in [9.17, 15) is 5.11 Å². The van der Waals surface area contributed by atoms with Gasteiger partial charge in [0.25, 0.3) is 0 Å². The summed E-state index contributed by atoms with van der Waals surface area (Å²) in [5.41, 5.74) is 0. The van der Waals surface area contributed by atoms with Crippen LogP contribution in [0.25, 0.3) is 0 Å². The Hall–Kier alpha value is -0.420. The van der Waals surface area contributed by atoms with Crippen molar-refractivity contribution in [3.63, 3.8) is 0 Å². The van der Waals surface area contributed by atoms with Crippen LogP contribution < -0.4 is 0 Å². The molecule has 3 fully saturated rings. The van der Waals surface area contributed by atoms with E-state index in [1.165, 1.54) is 0 Å². The van der Waals surface area contributed by atoms with Crippen LogP contribution >= 0.6 is 0 Å². The van der Waals surface area contributed by atoms with Gasteiger partial charge in [-0.15, -0.1) is 0 Å². The van der Waals surface area contributed by atoms with Crippen LogP contribution in [0.3, 0.4) is 0 Å². The van der Waals surface area contributed by atoms with Gasteiger partial charge >= 0.3 is 0 Å². The maximum Gasteiger partial charge on any atom is 0.172 e. The average Bonchev–Trinajstić information content (AvgIpc) is 2.97. The molecule has 108 valence electrons. The SMILES string of the molecule is OCCCCC=C[C@@H]1C[C@H]2[C@@H](CC23OCCO3)C1O. The average molecular weight is 268 g/mol. The molecule has 0 aromatic rings. The quantitative estimate of drug-likeness (QED) is 0.585. The van der Waals surface area contributed by atoms with Crippen LogP contribution in [0.1, 0.15) is 32.1 Å². The predicted octanol–water partition coefficient (Wildman–Crippen LogP) is 1.47. The van der Waals surface area contributed by atoms with E-state index in [-0.39, 0.29) is 24.4 Å². The molecule has 0 aromatic heterocycles. The molecule has 2 saturated carbocycles. The van der Waals surface area contributed by atoms with Gasteiger partial charge in [-0.1, -0.05) is 12.2 Å². The Balaban J connectivity index is 1.52. The number of rotatable bonds is 5. The third-order valence-electron chi connectivity index (χ3n) is 4.94. The minimum atomic E-state index is -0.356. The fourth-order valence-electron chi connectivity index (χ4n) is 3.89. The van der Waals surface area contributed by atoms with Gasteiger partial charge in [-0.2, -0.15) is 0 Å². The highest BCUT2D eigenvalue weighted by molar-refractivity contribution is 5.12. The van der Waals surface area contributed by atoms with Gasteiger partial charge < -0.3 is 19.7 Å². The third kappa shape index (κ3) is 2.35. The zero-order valence-electron chi connectivity index (χ0n) is 11.3. The molecule has 3 rings (SSSR count). The largest absolute Gasteiger partial charge is 0.396 e. The van der Waals surface area contributed by atoms with Crippen molar-refractivity contribution in [1.82, 2.24) is 0 Å². The first-order chi connectivity index (χ1) is 9.27. The van der Waals surface area contributed by atoms with Crippen molar-refractivity contribution in [1.29, 1.82) is 0 Å². The molecule has 0 aromatic carbocycles. The summed E-state index contributed by atoms with van der Waals surface area (Å²) in [6.45, 7) is 1.66. The van der Waals surface area contributed by atoms with Crippen LogP contribution in [0.2, 0.25) is 0 Å². The third-order valence-corrected chi connectivity index (χ3v) is 4.94. The number of unbranched alkanes of at least 4 members (excludes halogenated alkanes) is 2. The molecule has 1 saturated heterocycles. The Labute approximate surface area is 114 Å². The van der Waals surface area contributed by atoms with Crippen molar-refractivity contribution >= 4 is 0 Å². The first kappa shape index (κ1) is 13.6. The van der Waals surface area contributed by atoms with Gasteiger partial charge in [-0.05, 0) is 31.6 Å². The Bertz CT molecular complexity index is 335. The second-order valence-electron chi connectivity index (χ2n) is 6.02. The number of hydrogen-bond donors (Lipinski definition) is 2. The lowest BCUT2D eigenvalue weighted by Crippen LogP contribution is -2.54. The van der Waals surface area contributed by atoms with Crippen molar-refractivity contribution in [2.45, 2.75) is 44.0 Å². The fraction of sp³-hybridized carbons (Fsp3) is 0.867. The standard InChI is InChI=1S/C15H24O4/c16-6-4-2-1-3-5-11-9-13-12(14(11)17)10-15(13)18-7-8-19-15/h3,5,11-14,16-17H,1-2,4,6-10H2/t11-,12-,13+,14?/m1/s1. The molecule has 4 atom stereocenters. The van der Waals surface area contributed by atoms with Gasteiger partial charge in [0.2, 0.25) is 0 Å². The minimum absolute atomic E-state index is 0.238. The lowest BCUT2D eigenvalue weighted by Gasteiger charge is -2.48. The van der Waals surface area contributed by atoms with Crippen molar-refractivity contribution < 1.29 is 19.7 Å². The number of allylic oxidation sites excluding steroid dienone is 1. The van der Waals surface area contributed by atoms with Crippen LogP contribution in [0.4, 0.5) is 0 Å². The molecule has 2 aliphatic carbocycles. The maximum absolute atomic E-state index is 10.3. The van der Waals surface area contributed by atoms with E-state index >= 15 is 0 Å². The smallest absolute Gasteiger partial charge is 0.172 e. The highest BCUT2D eigenvalue weighted by atomic mass is 16.7. The molecule has 1 unspecified atom stereocenters. The molecular weight excluding hydrogens is 244 g/mol. The number of fused-ring (bicyclic) bond motifs is 2.